The van der Waals surface area contributed by atoms with Crippen molar-refractivity contribution in [2.75, 3.05) is 20.3 Å². The van der Waals surface area contributed by atoms with Gasteiger partial charge in [-0.15, -0.1) is 0 Å². The van der Waals surface area contributed by atoms with Gasteiger partial charge in [-0.05, 0) is 29.8 Å². The number of carbonyl (C=O) groups is 1. The summed E-state index contributed by atoms with van der Waals surface area (Å²) in [5, 5.41) is 50.1. The number of esters is 1. The summed E-state index contributed by atoms with van der Waals surface area (Å²) >= 11 is 0. The van der Waals surface area contributed by atoms with Gasteiger partial charge >= 0.3 is 5.97 Å². The van der Waals surface area contributed by atoms with Crippen molar-refractivity contribution in [3.63, 3.8) is 0 Å². The van der Waals surface area contributed by atoms with Gasteiger partial charge in [-0.25, -0.2) is 4.79 Å². The fourth-order valence-electron chi connectivity index (χ4n) is 5.34. The Hall–Kier alpha value is -2.55. The van der Waals surface area contributed by atoms with Gasteiger partial charge in [0.25, 0.3) is 0 Å². The number of hydrogen-bond acceptors (Lipinski definition) is 12. The lowest BCUT2D eigenvalue weighted by Crippen LogP contribution is -2.60. The largest absolute Gasteiger partial charge is 0.497 e. The van der Waals surface area contributed by atoms with Gasteiger partial charge in [0, 0.05) is 12.0 Å². The van der Waals surface area contributed by atoms with Crippen molar-refractivity contribution in [2.24, 2.45) is 11.8 Å². The Kier molecular flexibility index (Phi) is 7.27. The Balaban J connectivity index is 1.28. The fourth-order valence-corrected chi connectivity index (χ4v) is 5.34. The number of hydrogen-bond donors (Lipinski definition) is 5. The number of aliphatic hydroxyl groups is 5. The van der Waals surface area contributed by atoms with Crippen molar-refractivity contribution in [1.29, 1.82) is 0 Å². The van der Waals surface area contributed by atoms with Crippen LogP contribution in [0.5, 0.6) is 5.75 Å². The Bertz CT molecular complexity index is 1030. The van der Waals surface area contributed by atoms with Gasteiger partial charge in [-0.1, -0.05) is 12.1 Å². The van der Waals surface area contributed by atoms with E-state index in [-0.39, 0.29) is 0 Å². The Labute approximate surface area is 212 Å². The summed E-state index contributed by atoms with van der Waals surface area (Å²) in [5.41, 5.74) is -0.341. The van der Waals surface area contributed by atoms with E-state index in [1.54, 1.807) is 43.5 Å². The molecular formula is C25H30O12. The topological polar surface area (TPSA) is 177 Å². The van der Waals surface area contributed by atoms with E-state index < -0.39 is 85.8 Å². The van der Waals surface area contributed by atoms with Crippen LogP contribution in [0.25, 0.3) is 6.08 Å². The van der Waals surface area contributed by atoms with Gasteiger partial charge in [0.2, 0.25) is 6.29 Å². The van der Waals surface area contributed by atoms with Gasteiger partial charge in [0.05, 0.1) is 32.5 Å². The molecule has 0 aromatic heterocycles. The van der Waals surface area contributed by atoms with Crippen LogP contribution in [0, 0.1) is 11.8 Å². The molecule has 12 nitrogen and oxygen atoms in total. The van der Waals surface area contributed by atoms with Crippen molar-refractivity contribution in [3.05, 3.63) is 48.2 Å². The molecule has 0 bridgehead atoms. The van der Waals surface area contributed by atoms with Crippen LogP contribution in [-0.4, -0.2) is 107 Å². The summed E-state index contributed by atoms with van der Waals surface area (Å²) in [6.45, 7) is -1.02. The standard InChI is InChI=1S/C25H30O12/c1-32-13-5-2-12(3-6-13)4-7-16(28)35-21-14-8-9-33-23(17(14)25(11-27)22(21)37-25)36-24-20(31)19(30)18(29)15(10-26)34-24/h2-9,14-15,17-24,26-27,29-31H,10-11H2,1H3/t14?,15?,17?,18?,19?,20?,21?,22?,23?,24?,25-/m1/s1. The molecule has 10 unspecified atom stereocenters. The maximum Gasteiger partial charge on any atom is 0.331 e. The second-order valence-corrected chi connectivity index (χ2v) is 9.43. The summed E-state index contributed by atoms with van der Waals surface area (Å²) in [6, 6.07) is 7.11. The normalized spacial score (nSPS) is 42.1. The quantitative estimate of drug-likeness (QED) is 0.155. The summed E-state index contributed by atoms with van der Waals surface area (Å²) in [5.74, 6) is -1.01. The minimum atomic E-state index is -1.63. The molecule has 11 atom stereocenters. The fraction of sp³-hybridized carbons (Fsp3) is 0.560. The lowest BCUT2D eigenvalue weighted by Gasteiger charge is -2.43. The van der Waals surface area contributed by atoms with E-state index in [9.17, 15) is 30.3 Å². The minimum absolute atomic E-state index is 0.402. The molecule has 2 saturated heterocycles. The monoisotopic (exact) mass is 522 g/mol. The van der Waals surface area contributed by atoms with Gasteiger partial charge in [0.15, 0.2) is 6.29 Å². The third-order valence-electron chi connectivity index (χ3n) is 7.38. The maximum absolute atomic E-state index is 12.6. The first-order chi connectivity index (χ1) is 17.8. The van der Waals surface area contributed by atoms with Crippen LogP contribution >= 0.6 is 0 Å². The highest BCUT2D eigenvalue weighted by molar-refractivity contribution is 5.87. The highest BCUT2D eigenvalue weighted by atomic mass is 16.8. The number of fused-ring (bicyclic) bond motifs is 3. The number of aliphatic hydroxyl groups excluding tert-OH is 5. The van der Waals surface area contributed by atoms with Crippen LogP contribution in [0.3, 0.4) is 0 Å². The summed E-state index contributed by atoms with van der Waals surface area (Å²) in [6.07, 6.45) is -3.94. The Morgan fingerprint density at radius 1 is 1.08 bits per heavy atom. The van der Waals surface area contributed by atoms with Crippen LogP contribution in [-0.2, 0) is 28.5 Å². The molecule has 1 aliphatic carbocycles. The van der Waals surface area contributed by atoms with Gasteiger partial charge in [-0.3, -0.25) is 0 Å². The lowest BCUT2D eigenvalue weighted by molar-refractivity contribution is -0.344. The predicted octanol–water partition coefficient (Wildman–Crippen LogP) is -1.32. The average molecular weight is 523 g/mol. The second kappa shape index (κ2) is 10.3. The molecule has 1 aromatic carbocycles. The van der Waals surface area contributed by atoms with Crippen molar-refractivity contribution in [3.8, 4) is 5.75 Å². The molecule has 5 rings (SSSR count). The Morgan fingerprint density at radius 2 is 1.84 bits per heavy atom. The predicted molar refractivity (Wildman–Crippen MR) is 122 cm³/mol. The number of benzene rings is 1. The molecule has 37 heavy (non-hydrogen) atoms. The van der Waals surface area contributed by atoms with Crippen LogP contribution in [0.4, 0.5) is 0 Å². The van der Waals surface area contributed by atoms with Crippen LogP contribution < -0.4 is 4.74 Å². The first-order valence-electron chi connectivity index (χ1n) is 11.9. The molecule has 1 saturated carbocycles. The molecular weight excluding hydrogens is 492 g/mol. The molecule has 0 radical (unpaired) electrons. The number of carbonyl (C=O) groups excluding carboxylic acids is 1. The van der Waals surface area contributed by atoms with E-state index in [0.717, 1.165) is 5.56 Å². The second-order valence-electron chi connectivity index (χ2n) is 9.43. The van der Waals surface area contributed by atoms with Crippen LogP contribution in [0.1, 0.15) is 5.56 Å². The zero-order chi connectivity index (χ0) is 26.3. The first-order valence-corrected chi connectivity index (χ1v) is 11.9. The van der Waals surface area contributed by atoms with Crippen LogP contribution in [0.2, 0.25) is 0 Å². The molecule has 1 aromatic rings. The van der Waals surface area contributed by atoms with Crippen LogP contribution in [0.15, 0.2) is 42.7 Å². The molecule has 12 heteroatoms. The molecule has 5 N–H and O–H groups in total. The van der Waals surface area contributed by atoms with E-state index in [2.05, 4.69) is 0 Å². The van der Waals surface area contributed by atoms with Crippen molar-refractivity contribution < 1.29 is 58.7 Å². The molecule has 4 aliphatic rings. The van der Waals surface area contributed by atoms with Crippen molar-refractivity contribution >= 4 is 12.0 Å². The van der Waals surface area contributed by atoms with Gasteiger partial charge < -0.3 is 54.0 Å². The summed E-state index contributed by atoms with van der Waals surface area (Å²) < 4.78 is 33.5. The van der Waals surface area contributed by atoms with E-state index >= 15 is 0 Å². The Morgan fingerprint density at radius 3 is 2.51 bits per heavy atom. The minimum Gasteiger partial charge on any atom is -0.497 e. The zero-order valence-corrected chi connectivity index (χ0v) is 19.9. The lowest BCUT2D eigenvalue weighted by atomic mass is 9.85. The van der Waals surface area contributed by atoms with E-state index in [1.807, 2.05) is 0 Å². The van der Waals surface area contributed by atoms with Gasteiger partial charge in [0.1, 0.15) is 48.0 Å². The highest BCUT2D eigenvalue weighted by Crippen LogP contribution is 2.60. The van der Waals surface area contributed by atoms with Gasteiger partial charge in [-0.2, -0.15) is 0 Å². The average Bonchev–Trinajstić information content (AvgIpc) is 3.60. The number of epoxide rings is 1. The molecule has 0 amide bonds. The zero-order valence-electron chi connectivity index (χ0n) is 19.9. The molecule has 202 valence electrons. The smallest absolute Gasteiger partial charge is 0.331 e. The van der Waals surface area contributed by atoms with Crippen molar-refractivity contribution in [2.45, 2.75) is 54.8 Å². The number of ether oxygens (including phenoxy) is 6. The molecule has 0 spiro atoms. The summed E-state index contributed by atoms with van der Waals surface area (Å²) in [4.78, 5) is 12.6. The number of methoxy groups -OCH3 is 1. The summed E-state index contributed by atoms with van der Waals surface area (Å²) in [7, 11) is 1.56. The first kappa shape index (κ1) is 26.1. The molecule has 3 aliphatic heterocycles. The highest BCUT2D eigenvalue weighted by Gasteiger charge is 2.77. The third-order valence-corrected chi connectivity index (χ3v) is 7.38. The molecule has 3 fully saturated rings. The third kappa shape index (κ3) is 4.64. The number of rotatable bonds is 8. The van der Waals surface area contributed by atoms with Crippen molar-refractivity contribution in [1.82, 2.24) is 0 Å². The maximum atomic E-state index is 12.6. The van der Waals surface area contributed by atoms with E-state index in [4.69, 9.17) is 28.4 Å². The SMILES string of the molecule is COc1ccc(C=CC(=O)OC2C3C=COC(OC4OC(CO)C(O)C(O)C4O)C3[C@@]3(CO)OC23)cc1. The molecule has 3 heterocycles. The van der Waals surface area contributed by atoms with E-state index in [0.29, 0.717) is 5.75 Å². The van der Waals surface area contributed by atoms with E-state index in [1.165, 1.54) is 12.3 Å².